The Morgan fingerprint density at radius 3 is 3.00 bits per heavy atom. The number of rotatable bonds is 5. The molecule has 1 aliphatic heterocycles. The van der Waals surface area contributed by atoms with E-state index in [-0.39, 0.29) is 19.0 Å². The smallest absolute Gasteiger partial charge is 0.162 e. The number of methoxy groups -OCH3 is 1. The Morgan fingerprint density at radius 1 is 1.41 bits per heavy atom. The zero-order chi connectivity index (χ0) is 12.1. The Labute approximate surface area is 101 Å². The summed E-state index contributed by atoms with van der Waals surface area (Å²) in [5, 5.41) is 8.83. The normalized spacial score (nSPS) is 23.9. The summed E-state index contributed by atoms with van der Waals surface area (Å²) in [4.78, 5) is 0. The van der Waals surface area contributed by atoms with Crippen molar-refractivity contribution >= 4 is 0 Å². The van der Waals surface area contributed by atoms with E-state index < -0.39 is 0 Å². The molecule has 0 aliphatic carbocycles. The molecule has 1 aliphatic rings. The van der Waals surface area contributed by atoms with Gasteiger partial charge in [-0.1, -0.05) is 18.2 Å². The zero-order valence-corrected chi connectivity index (χ0v) is 9.96. The quantitative estimate of drug-likeness (QED) is 0.841. The molecule has 0 spiro atoms. The van der Waals surface area contributed by atoms with Crippen LogP contribution in [-0.2, 0) is 15.9 Å². The summed E-state index contributed by atoms with van der Waals surface area (Å²) >= 11 is 0. The van der Waals surface area contributed by atoms with Crippen LogP contribution in [0.3, 0.4) is 0 Å². The van der Waals surface area contributed by atoms with Gasteiger partial charge in [0.05, 0.1) is 19.8 Å². The lowest BCUT2D eigenvalue weighted by atomic mass is 10.1. The lowest BCUT2D eigenvalue weighted by Crippen LogP contribution is -2.16. The highest BCUT2D eigenvalue weighted by molar-refractivity contribution is 5.33. The molecule has 1 fully saturated rings. The largest absolute Gasteiger partial charge is 0.496 e. The predicted molar refractivity (Wildman–Crippen MR) is 63.0 cm³/mol. The molecule has 0 radical (unpaired) electrons. The van der Waals surface area contributed by atoms with Crippen LogP contribution in [-0.4, -0.2) is 37.8 Å². The van der Waals surface area contributed by atoms with Gasteiger partial charge in [0.15, 0.2) is 6.29 Å². The Kier molecular flexibility index (Phi) is 4.36. The molecule has 1 aromatic carbocycles. The molecular formula is C13H18O4. The van der Waals surface area contributed by atoms with Crippen molar-refractivity contribution in [1.29, 1.82) is 0 Å². The molecule has 1 N–H and O–H groups in total. The lowest BCUT2D eigenvalue weighted by molar-refractivity contribution is -0.0586. The zero-order valence-electron chi connectivity index (χ0n) is 9.96. The van der Waals surface area contributed by atoms with Gasteiger partial charge < -0.3 is 19.3 Å². The predicted octanol–water partition coefficient (Wildman–Crippen LogP) is 1.36. The van der Waals surface area contributed by atoms with Crippen molar-refractivity contribution in [3.8, 4) is 5.75 Å². The molecule has 0 saturated carbocycles. The molecule has 1 saturated heterocycles. The van der Waals surface area contributed by atoms with Gasteiger partial charge in [0.1, 0.15) is 5.75 Å². The first kappa shape index (κ1) is 12.4. The number of ether oxygens (including phenoxy) is 3. The number of benzene rings is 1. The SMILES string of the molecule is COc1ccccc1CC1OCC(CCO)O1. The van der Waals surface area contributed by atoms with Crippen molar-refractivity contribution < 1.29 is 19.3 Å². The molecule has 2 unspecified atom stereocenters. The maximum atomic E-state index is 8.83. The maximum absolute atomic E-state index is 8.83. The van der Waals surface area contributed by atoms with Gasteiger partial charge in [0.25, 0.3) is 0 Å². The summed E-state index contributed by atoms with van der Waals surface area (Å²) in [5.41, 5.74) is 1.07. The van der Waals surface area contributed by atoms with E-state index in [4.69, 9.17) is 19.3 Å². The van der Waals surface area contributed by atoms with Gasteiger partial charge >= 0.3 is 0 Å². The highest BCUT2D eigenvalue weighted by Crippen LogP contribution is 2.23. The minimum Gasteiger partial charge on any atom is -0.496 e. The third kappa shape index (κ3) is 3.19. The third-order valence-corrected chi connectivity index (χ3v) is 2.84. The summed E-state index contributed by atoms with van der Waals surface area (Å²) < 4.78 is 16.5. The first-order valence-corrected chi connectivity index (χ1v) is 5.83. The number of aliphatic hydroxyl groups excluding tert-OH is 1. The Morgan fingerprint density at radius 2 is 2.24 bits per heavy atom. The van der Waals surface area contributed by atoms with Gasteiger partial charge in [-0.15, -0.1) is 0 Å². The van der Waals surface area contributed by atoms with Crippen molar-refractivity contribution in [2.45, 2.75) is 25.2 Å². The van der Waals surface area contributed by atoms with Crippen molar-refractivity contribution in [3.63, 3.8) is 0 Å². The van der Waals surface area contributed by atoms with Crippen molar-refractivity contribution in [2.24, 2.45) is 0 Å². The molecule has 2 rings (SSSR count). The molecule has 0 aromatic heterocycles. The summed E-state index contributed by atoms with van der Waals surface area (Å²) in [5.74, 6) is 0.852. The Bertz CT molecular complexity index is 353. The number of aliphatic hydroxyl groups is 1. The minimum atomic E-state index is -0.233. The van der Waals surface area contributed by atoms with E-state index in [0.717, 1.165) is 11.3 Å². The molecule has 4 heteroatoms. The van der Waals surface area contributed by atoms with Crippen LogP contribution in [0, 0.1) is 0 Å². The second-order valence-electron chi connectivity index (χ2n) is 4.05. The Balaban J connectivity index is 1.93. The highest BCUT2D eigenvalue weighted by Gasteiger charge is 2.26. The van der Waals surface area contributed by atoms with Crippen LogP contribution in [0.25, 0.3) is 0 Å². The van der Waals surface area contributed by atoms with Crippen molar-refractivity contribution in [1.82, 2.24) is 0 Å². The van der Waals surface area contributed by atoms with E-state index in [2.05, 4.69) is 0 Å². The third-order valence-electron chi connectivity index (χ3n) is 2.84. The van der Waals surface area contributed by atoms with Crippen molar-refractivity contribution in [2.75, 3.05) is 20.3 Å². The molecule has 94 valence electrons. The van der Waals surface area contributed by atoms with E-state index >= 15 is 0 Å². The molecule has 17 heavy (non-hydrogen) atoms. The summed E-state index contributed by atoms with van der Waals surface area (Å²) in [6, 6.07) is 7.84. The first-order chi connectivity index (χ1) is 8.33. The van der Waals surface area contributed by atoms with Gasteiger partial charge in [-0.2, -0.15) is 0 Å². The molecule has 2 atom stereocenters. The van der Waals surface area contributed by atoms with Gasteiger partial charge in [0.2, 0.25) is 0 Å². The van der Waals surface area contributed by atoms with Crippen molar-refractivity contribution in [3.05, 3.63) is 29.8 Å². The van der Waals surface area contributed by atoms with E-state index in [1.807, 2.05) is 24.3 Å². The second kappa shape index (κ2) is 6.00. The summed E-state index contributed by atoms with van der Waals surface area (Å²) in [6.45, 7) is 0.690. The Hall–Kier alpha value is -1.10. The van der Waals surface area contributed by atoms with Gasteiger partial charge in [0, 0.05) is 13.0 Å². The van der Waals surface area contributed by atoms with E-state index in [0.29, 0.717) is 19.4 Å². The number of hydrogen-bond donors (Lipinski definition) is 1. The fourth-order valence-corrected chi connectivity index (χ4v) is 1.96. The van der Waals surface area contributed by atoms with Crippen LogP contribution < -0.4 is 4.74 Å². The lowest BCUT2D eigenvalue weighted by Gasteiger charge is -2.13. The topological polar surface area (TPSA) is 47.9 Å². The minimum absolute atomic E-state index is 0.0136. The number of para-hydroxylation sites is 1. The van der Waals surface area contributed by atoms with Gasteiger partial charge in [-0.3, -0.25) is 0 Å². The standard InChI is InChI=1S/C13H18O4/c1-15-12-5-3-2-4-10(12)8-13-16-9-11(17-13)6-7-14/h2-5,11,13-14H,6-9H2,1H3. The molecule has 4 nitrogen and oxygen atoms in total. The number of hydrogen-bond acceptors (Lipinski definition) is 4. The van der Waals surface area contributed by atoms with Crippen LogP contribution in [0.15, 0.2) is 24.3 Å². The molecular weight excluding hydrogens is 220 g/mol. The average Bonchev–Trinajstić information content (AvgIpc) is 2.78. The first-order valence-electron chi connectivity index (χ1n) is 5.83. The van der Waals surface area contributed by atoms with Crippen LogP contribution in [0.1, 0.15) is 12.0 Å². The average molecular weight is 238 g/mol. The van der Waals surface area contributed by atoms with Crippen LogP contribution in [0.4, 0.5) is 0 Å². The molecule has 1 aromatic rings. The van der Waals surface area contributed by atoms with Gasteiger partial charge in [-0.25, -0.2) is 0 Å². The van der Waals surface area contributed by atoms with Crippen LogP contribution >= 0.6 is 0 Å². The van der Waals surface area contributed by atoms with E-state index in [9.17, 15) is 0 Å². The maximum Gasteiger partial charge on any atom is 0.162 e. The van der Waals surface area contributed by atoms with Gasteiger partial charge in [-0.05, 0) is 18.1 Å². The van der Waals surface area contributed by atoms with E-state index in [1.54, 1.807) is 7.11 Å². The molecule has 0 amide bonds. The fourth-order valence-electron chi connectivity index (χ4n) is 1.96. The van der Waals surface area contributed by atoms with Crippen LogP contribution in [0.2, 0.25) is 0 Å². The summed E-state index contributed by atoms with van der Waals surface area (Å²) in [6.07, 6.45) is 1.08. The monoisotopic (exact) mass is 238 g/mol. The highest BCUT2D eigenvalue weighted by atomic mass is 16.7. The fraction of sp³-hybridized carbons (Fsp3) is 0.538. The van der Waals surface area contributed by atoms with Crippen LogP contribution in [0.5, 0.6) is 5.75 Å². The van der Waals surface area contributed by atoms with E-state index in [1.165, 1.54) is 0 Å². The second-order valence-corrected chi connectivity index (χ2v) is 4.05. The molecule has 0 bridgehead atoms. The summed E-state index contributed by atoms with van der Waals surface area (Å²) in [7, 11) is 1.66. The molecule has 1 heterocycles.